The predicted molar refractivity (Wildman–Crippen MR) is 218 cm³/mol. The van der Waals surface area contributed by atoms with E-state index in [0.29, 0.717) is 5.92 Å². The number of fused-ring (bicyclic) bond motifs is 2. The lowest BCUT2D eigenvalue weighted by Gasteiger charge is -2.32. The number of aliphatic hydroxyl groups excluding tert-OH is 1. The Morgan fingerprint density at radius 2 is 1.46 bits per heavy atom. The van der Waals surface area contributed by atoms with Crippen LogP contribution in [0.1, 0.15) is 74.4 Å². The van der Waals surface area contributed by atoms with Gasteiger partial charge < -0.3 is 5.11 Å². The maximum absolute atomic E-state index is 11.1. The molecule has 5 aromatic carbocycles. The van der Waals surface area contributed by atoms with Crippen molar-refractivity contribution in [2.75, 3.05) is 0 Å². The number of nitrogens with zero attached hydrogens (tertiary/aromatic N) is 3. The molecule has 1 aromatic heterocycles. The zero-order chi connectivity index (χ0) is 36.4. The number of para-hydroxylation sites is 3. The number of unbranched alkanes of at least 4 members (excludes halogenated alkanes) is 1. The van der Waals surface area contributed by atoms with Crippen LogP contribution in [0.15, 0.2) is 158 Å². The van der Waals surface area contributed by atoms with Crippen LogP contribution in [-0.2, 0) is 6.42 Å². The van der Waals surface area contributed by atoms with E-state index in [0.717, 1.165) is 81.0 Å². The van der Waals surface area contributed by atoms with Crippen molar-refractivity contribution in [2.24, 2.45) is 4.99 Å². The fraction of sp³-hybridized carbons (Fsp3) is 0.208. The zero-order valence-electron chi connectivity index (χ0n) is 30.6. The largest absolute Gasteiger partial charge is 0.512 e. The van der Waals surface area contributed by atoms with E-state index in [-0.39, 0.29) is 24.1 Å². The van der Waals surface area contributed by atoms with E-state index in [9.17, 15) is 5.11 Å². The van der Waals surface area contributed by atoms with Crippen LogP contribution in [0.5, 0.6) is 0 Å². The van der Waals surface area contributed by atoms with Gasteiger partial charge in [0.15, 0.2) is 11.0 Å². The van der Waals surface area contributed by atoms with Crippen LogP contribution >= 0.6 is 0 Å². The van der Waals surface area contributed by atoms with E-state index >= 15 is 0 Å². The highest BCUT2D eigenvalue weighted by Gasteiger charge is 2.39. The number of allylic oxidation sites excluding steroid dienone is 2. The van der Waals surface area contributed by atoms with Gasteiger partial charge in [-0.05, 0) is 52.8 Å². The van der Waals surface area contributed by atoms with Gasteiger partial charge in [-0.2, -0.15) is 9.13 Å². The van der Waals surface area contributed by atoms with Gasteiger partial charge in [0.25, 0.3) is 5.82 Å². The first-order valence-electron chi connectivity index (χ1n) is 18.5. The van der Waals surface area contributed by atoms with Crippen LogP contribution in [0.25, 0.3) is 44.7 Å². The van der Waals surface area contributed by atoms with Crippen molar-refractivity contribution in [2.45, 2.75) is 64.3 Å². The lowest BCUT2D eigenvalue weighted by atomic mass is 9.78. The van der Waals surface area contributed by atoms with Crippen LogP contribution in [0.3, 0.4) is 0 Å². The third-order valence-electron chi connectivity index (χ3n) is 10.4. The summed E-state index contributed by atoms with van der Waals surface area (Å²) in [5.41, 5.74) is 13.0. The molecule has 2 heterocycles. The van der Waals surface area contributed by atoms with E-state index < -0.39 is 0 Å². The number of rotatable bonds is 12. The molecule has 2 atom stereocenters. The molecule has 0 amide bonds. The minimum atomic E-state index is -0.248. The van der Waals surface area contributed by atoms with Crippen molar-refractivity contribution < 1.29 is 9.67 Å². The highest BCUT2D eigenvalue weighted by Crippen LogP contribution is 2.42. The molecule has 1 aliphatic heterocycles. The van der Waals surface area contributed by atoms with Gasteiger partial charge in [0.1, 0.15) is 23.8 Å². The molecule has 2 unspecified atom stereocenters. The molecular formula is C48H48N3O+. The Bertz CT molecular complexity index is 2250. The summed E-state index contributed by atoms with van der Waals surface area (Å²) in [6.45, 7) is 19.9. The third-order valence-corrected chi connectivity index (χ3v) is 10.4. The van der Waals surface area contributed by atoms with Crippen molar-refractivity contribution in [1.29, 1.82) is 0 Å². The Morgan fingerprint density at radius 1 is 0.827 bits per heavy atom. The van der Waals surface area contributed by atoms with Crippen molar-refractivity contribution in [3.8, 4) is 27.9 Å². The van der Waals surface area contributed by atoms with Crippen LogP contribution < -0.4 is 4.57 Å². The first-order chi connectivity index (χ1) is 25.3. The first kappa shape index (κ1) is 34.7. The van der Waals surface area contributed by atoms with Gasteiger partial charge in [-0.25, -0.2) is 0 Å². The molecule has 6 aromatic rings. The molecule has 0 saturated carbocycles. The second-order valence-electron chi connectivity index (χ2n) is 14.2. The van der Waals surface area contributed by atoms with Crippen LogP contribution in [-0.4, -0.2) is 21.4 Å². The predicted octanol–water partition coefficient (Wildman–Crippen LogP) is 11.8. The maximum Gasteiger partial charge on any atom is 0.275 e. The molecule has 4 heteroatoms. The molecule has 260 valence electrons. The fourth-order valence-corrected chi connectivity index (χ4v) is 7.92. The first-order valence-corrected chi connectivity index (χ1v) is 18.5. The smallest absolute Gasteiger partial charge is 0.275 e. The SMILES string of the molecule is C=CC1=NC(C(=C)n2c(CC(=C)O)[n+](-c3c(-c4ccccc4)cccc3-c3ccccc3)c3ccccc32)C(CCCC)c2cc(C(C)C)ccc21. The molecule has 0 saturated heterocycles. The summed E-state index contributed by atoms with van der Waals surface area (Å²) < 4.78 is 4.57. The molecular weight excluding hydrogens is 635 g/mol. The Morgan fingerprint density at radius 3 is 2.06 bits per heavy atom. The minimum absolute atomic E-state index is 0.0810. The standard InChI is InChI=1S/C48H47N3O/c1-7-9-23-41-42-31-37(32(3)4)28-29-40(42)43(8-2)49-47(41)34(6)50-44-26-16-17-27-45(44)51(46(50)30-33(5)52)48-38(35-19-12-10-13-20-35)24-18-25-39(48)36-21-14-11-15-22-36/h8,10-22,24-29,31-32,41,47H,2,5-7,9,23,30H2,1,3-4H3/p+1. The monoisotopic (exact) mass is 682 g/mol. The van der Waals surface area contributed by atoms with Gasteiger partial charge in [0.2, 0.25) is 0 Å². The molecule has 1 N–H and O–H groups in total. The summed E-state index contributed by atoms with van der Waals surface area (Å²) in [7, 11) is 0. The van der Waals surface area contributed by atoms with Gasteiger partial charge in [-0.3, -0.25) is 4.99 Å². The van der Waals surface area contributed by atoms with Gasteiger partial charge in [-0.1, -0.05) is 163 Å². The molecule has 0 bridgehead atoms. The fourth-order valence-electron chi connectivity index (χ4n) is 7.92. The molecule has 0 radical (unpaired) electrons. The number of benzene rings is 5. The summed E-state index contributed by atoms with van der Waals surface area (Å²) in [6.07, 6.45) is 5.27. The molecule has 4 nitrogen and oxygen atoms in total. The quantitative estimate of drug-likeness (QED) is 0.101. The summed E-state index contributed by atoms with van der Waals surface area (Å²) in [5, 5.41) is 11.1. The number of imidazole rings is 1. The Kier molecular flexibility index (Phi) is 9.91. The molecule has 0 aliphatic carbocycles. The third kappa shape index (κ3) is 6.34. The maximum atomic E-state index is 11.1. The number of aliphatic imine (C=N–C) groups is 1. The van der Waals surface area contributed by atoms with Crippen molar-refractivity contribution in [3.63, 3.8) is 0 Å². The van der Waals surface area contributed by atoms with E-state index in [1.165, 1.54) is 11.1 Å². The number of hydrogen-bond acceptors (Lipinski definition) is 2. The van der Waals surface area contributed by atoms with E-state index in [1.54, 1.807) is 0 Å². The Labute approximate surface area is 308 Å². The highest BCUT2D eigenvalue weighted by atomic mass is 16.3. The van der Waals surface area contributed by atoms with Crippen molar-refractivity contribution in [1.82, 2.24) is 4.57 Å². The van der Waals surface area contributed by atoms with Crippen LogP contribution in [0.4, 0.5) is 0 Å². The van der Waals surface area contributed by atoms with Gasteiger partial charge >= 0.3 is 0 Å². The molecule has 52 heavy (non-hydrogen) atoms. The van der Waals surface area contributed by atoms with Crippen LogP contribution in [0, 0.1) is 0 Å². The van der Waals surface area contributed by atoms with E-state index in [1.807, 2.05) is 18.2 Å². The second kappa shape index (κ2) is 14.9. The van der Waals surface area contributed by atoms with Gasteiger partial charge in [-0.15, -0.1) is 0 Å². The molecule has 0 spiro atoms. The van der Waals surface area contributed by atoms with Gasteiger partial charge in [0.05, 0.1) is 11.5 Å². The summed E-state index contributed by atoms with van der Waals surface area (Å²) >= 11 is 0. The summed E-state index contributed by atoms with van der Waals surface area (Å²) in [6, 6.07) is 42.7. The average molecular weight is 683 g/mol. The Balaban J connectivity index is 1.53. The lowest BCUT2D eigenvalue weighted by Crippen LogP contribution is -2.38. The lowest BCUT2D eigenvalue weighted by molar-refractivity contribution is -0.575. The topological polar surface area (TPSA) is 41.4 Å². The minimum Gasteiger partial charge on any atom is -0.512 e. The number of aliphatic hydroxyl groups is 1. The second-order valence-corrected chi connectivity index (χ2v) is 14.2. The van der Waals surface area contributed by atoms with Crippen molar-refractivity contribution in [3.05, 3.63) is 175 Å². The highest BCUT2D eigenvalue weighted by molar-refractivity contribution is 6.11. The number of aromatic nitrogens is 2. The van der Waals surface area contributed by atoms with Crippen LogP contribution in [0.2, 0.25) is 0 Å². The van der Waals surface area contributed by atoms with Crippen molar-refractivity contribution >= 4 is 22.4 Å². The molecule has 0 fully saturated rings. The average Bonchev–Trinajstić information content (AvgIpc) is 3.49. The Hall–Kier alpha value is -5.74. The molecule has 1 aliphatic rings. The normalized spacial score (nSPS) is 15.3. The molecule has 7 rings (SSSR count). The van der Waals surface area contributed by atoms with Gasteiger partial charge in [0, 0.05) is 22.6 Å². The summed E-state index contributed by atoms with van der Waals surface area (Å²) in [4.78, 5) is 5.45. The van der Waals surface area contributed by atoms with E-state index in [2.05, 4.69) is 152 Å². The van der Waals surface area contributed by atoms with E-state index in [4.69, 9.17) is 11.6 Å². The summed E-state index contributed by atoms with van der Waals surface area (Å²) in [5.74, 6) is 1.48. The number of hydrogen-bond donors (Lipinski definition) is 1. The zero-order valence-corrected chi connectivity index (χ0v) is 30.6.